The number of nitrogens with one attached hydrogen (secondary N) is 1. The molecule has 3 rings (SSSR count). The summed E-state index contributed by atoms with van der Waals surface area (Å²) in [6.07, 6.45) is -0.992. The van der Waals surface area contributed by atoms with Crippen LogP contribution in [0.2, 0.25) is 0 Å². The summed E-state index contributed by atoms with van der Waals surface area (Å²) in [5.74, 6) is -1.49. The van der Waals surface area contributed by atoms with E-state index in [4.69, 9.17) is 0 Å². The maximum absolute atomic E-state index is 12.5. The predicted molar refractivity (Wildman–Crippen MR) is 103 cm³/mol. The van der Waals surface area contributed by atoms with Gasteiger partial charge in [0, 0.05) is 12.6 Å². The van der Waals surface area contributed by atoms with Crippen molar-refractivity contribution in [3.8, 4) is 0 Å². The van der Waals surface area contributed by atoms with Crippen LogP contribution in [0.1, 0.15) is 37.2 Å². The van der Waals surface area contributed by atoms with Gasteiger partial charge in [0.05, 0.1) is 18.7 Å². The van der Waals surface area contributed by atoms with Gasteiger partial charge in [-0.05, 0) is 37.2 Å². The molecule has 1 aliphatic carbocycles. The second-order valence-corrected chi connectivity index (χ2v) is 7.65. The summed E-state index contributed by atoms with van der Waals surface area (Å²) in [6.45, 7) is -2.03. The number of amides is 2. The van der Waals surface area contributed by atoms with Crippen LogP contribution in [-0.2, 0) is 14.3 Å². The number of halogens is 3. The molecule has 9 heteroatoms. The van der Waals surface area contributed by atoms with Crippen LogP contribution < -0.4 is 5.32 Å². The monoisotopic (exact) mass is 426 g/mol. The number of benzene rings is 1. The normalized spacial score (nSPS) is 22.5. The van der Waals surface area contributed by atoms with Crippen LogP contribution in [0.15, 0.2) is 41.7 Å². The standard InChI is InChI=1S/C21H25F3N2O4/c22-21(23,24)13-30-11-10-26-12-17(18(27)20(26)29)19(28)25-16-8-6-15(7-9-16)14-4-2-1-3-5-14/h1-5,15-16,27H,6-13H2,(H,25,28). The highest BCUT2D eigenvalue weighted by Gasteiger charge is 2.35. The Labute approximate surface area is 172 Å². The molecule has 2 N–H and O–H groups in total. The van der Waals surface area contributed by atoms with E-state index >= 15 is 0 Å². The van der Waals surface area contributed by atoms with Crippen molar-refractivity contribution in [3.05, 3.63) is 47.2 Å². The molecule has 0 radical (unpaired) electrons. The van der Waals surface area contributed by atoms with E-state index in [9.17, 15) is 27.9 Å². The molecule has 164 valence electrons. The number of alkyl halides is 3. The fourth-order valence-corrected chi connectivity index (χ4v) is 3.91. The number of carbonyl (C=O) groups is 2. The molecular weight excluding hydrogens is 401 g/mol. The van der Waals surface area contributed by atoms with Gasteiger partial charge in [-0.1, -0.05) is 30.3 Å². The summed E-state index contributed by atoms with van der Waals surface area (Å²) in [5, 5.41) is 12.9. The average Bonchev–Trinajstić information content (AvgIpc) is 3.00. The molecule has 0 saturated heterocycles. The maximum atomic E-state index is 12.5. The maximum Gasteiger partial charge on any atom is 0.411 e. The Bertz CT molecular complexity index is 787. The Morgan fingerprint density at radius 1 is 1.17 bits per heavy atom. The summed E-state index contributed by atoms with van der Waals surface area (Å²) in [4.78, 5) is 25.7. The van der Waals surface area contributed by atoms with Crippen molar-refractivity contribution in [2.45, 2.75) is 43.8 Å². The second-order valence-electron chi connectivity index (χ2n) is 7.65. The Morgan fingerprint density at radius 2 is 1.83 bits per heavy atom. The molecule has 0 spiro atoms. The highest BCUT2D eigenvalue weighted by molar-refractivity contribution is 6.07. The Kier molecular flexibility index (Phi) is 7.02. The molecule has 2 aliphatic rings. The smallest absolute Gasteiger partial charge is 0.411 e. The van der Waals surface area contributed by atoms with E-state index in [0.29, 0.717) is 5.92 Å². The molecule has 2 amide bonds. The number of nitrogens with zero attached hydrogens (tertiary/aromatic N) is 1. The van der Waals surface area contributed by atoms with Gasteiger partial charge in [-0.15, -0.1) is 0 Å². The molecule has 1 fully saturated rings. The van der Waals surface area contributed by atoms with Crippen LogP contribution in [0.5, 0.6) is 0 Å². The van der Waals surface area contributed by atoms with Crippen molar-refractivity contribution in [2.24, 2.45) is 0 Å². The summed E-state index contributed by atoms with van der Waals surface area (Å²) in [5.41, 5.74) is 1.23. The van der Waals surface area contributed by atoms with Crippen LogP contribution >= 0.6 is 0 Å². The molecule has 0 unspecified atom stereocenters. The van der Waals surface area contributed by atoms with Crippen molar-refractivity contribution in [2.75, 3.05) is 26.3 Å². The molecule has 0 bridgehead atoms. The number of aliphatic hydroxyl groups excluding tert-OH is 1. The minimum atomic E-state index is -4.44. The third-order valence-corrected chi connectivity index (χ3v) is 5.50. The quantitative estimate of drug-likeness (QED) is 0.657. The van der Waals surface area contributed by atoms with E-state index in [1.807, 2.05) is 18.2 Å². The molecule has 1 saturated carbocycles. The van der Waals surface area contributed by atoms with Crippen molar-refractivity contribution in [1.82, 2.24) is 10.2 Å². The number of carbonyl (C=O) groups excluding carboxylic acids is 2. The lowest BCUT2D eigenvalue weighted by atomic mass is 9.82. The van der Waals surface area contributed by atoms with Gasteiger partial charge in [0.25, 0.3) is 11.8 Å². The number of hydrogen-bond acceptors (Lipinski definition) is 4. The molecule has 1 aromatic carbocycles. The molecule has 0 atom stereocenters. The molecule has 1 aromatic rings. The lowest BCUT2D eigenvalue weighted by molar-refractivity contribution is -0.174. The van der Waals surface area contributed by atoms with Crippen molar-refractivity contribution in [1.29, 1.82) is 0 Å². The number of ether oxygens (including phenoxy) is 1. The van der Waals surface area contributed by atoms with Gasteiger partial charge in [0.2, 0.25) is 0 Å². The van der Waals surface area contributed by atoms with E-state index in [1.165, 1.54) is 5.56 Å². The van der Waals surface area contributed by atoms with Gasteiger partial charge >= 0.3 is 6.18 Å². The number of hydrogen-bond donors (Lipinski definition) is 2. The first-order valence-electron chi connectivity index (χ1n) is 9.96. The molecule has 0 aromatic heterocycles. The minimum Gasteiger partial charge on any atom is -0.503 e. The highest BCUT2D eigenvalue weighted by Crippen LogP contribution is 2.33. The zero-order chi connectivity index (χ0) is 21.7. The zero-order valence-electron chi connectivity index (χ0n) is 16.5. The lowest BCUT2D eigenvalue weighted by Gasteiger charge is -2.29. The van der Waals surface area contributed by atoms with E-state index in [2.05, 4.69) is 22.2 Å². The minimum absolute atomic E-state index is 0.0444. The first kappa shape index (κ1) is 22.1. The molecule has 30 heavy (non-hydrogen) atoms. The Hall–Kier alpha value is -2.55. The van der Waals surface area contributed by atoms with Gasteiger partial charge in [-0.25, -0.2) is 0 Å². The Morgan fingerprint density at radius 3 is 2.47 bits per heavy atom. The number of rotatable bonds is 7. The lowest BCUT2D eigenvalue weighted by Crippen LogP contribution is -2.39. The molecular formula is C21H25F3N2O4. The van der Waals surface area contributed by atoms with Crippen molar-refractivity contribution < 1.29 is 32.6 Å². The van der Waals surface area contributed by atoms with Gasteiger partial charge < -0.3 is 20.1 Å². The van der Waals surface area contributed by atoms with E-state index < -0.39 is 30.4 Å². The van der Waals surface area contributed by atoms with E-state index in [-0.39, 0.29) is 31.3 Å². The first-order chi connectivity index (χ1) is 14.2. The van der Waals surface area contributed by atoms with Gasteiger partial charge in [-0.3, -0.25) is 9.59 Å². The van der Waals surface area contributed by atoms with Crippen LogP contribution in [0, 0.1) is 0 Å². The molecule has 1 heterocycles. The third-order valence-electron chi connectivity index (χ3n) is 5.50. The summed E-state index contributed by atoms with van der Waals surface area (Å²) in [7, 11) is 0. The SMILES string of the molecule is O=C(NC1CCC(c2ccccc2)CC1)C1=C(O)C(=O)N(CCOCC(F)(F)F)C1. The fourth-order valence-electron chi connectivity index (χ4n) is 3.91. The Balaban J connectivity index is 1.45. The predicted octanol–water partition coefficient (Wildman–Crippen LogP) is 3.06. The van der Waals surface area contributed by atoms with Gasteiger partial charge in [-0.2, -0.15) is 13.2 Å². The molecule has 1 aliphatic heterocycles. The third kappa shape index (κ3) is 5.75. The number of aliphatic hydroxyl groups is 1. The van der Waals surface area contributed by atoms with Gasteiger partial charge in [0.1, 0.15) is 6.61 Å². The largest absolute Gasteiger partial charge is 0.503 e. The highest BCUT2D eigenvalue weighted by atomic mass is 19.4. The van der Waals surface area contributed by atoms with Crippen LogP contribution in [0.3, 0.4) is 0 Å². The van der Waals surface area contributed by atoms with E-state index in [0.717, 1.165) is 30.6 Å². The van der Waals surface area contributed by atoms with Crippen LogP contribution in [-0.4, -0.2) is 60.3 Å². The average molecular weight is 426 g/mol. The first-order valence-corrected chi connectivity index (χ1v) is 9.96. The zero-order valence-corrected chi connectivity index (χ0v) is 16.5. The topological polar surface area (TPSA) is 78.9 Å². The molecule has 6 nitrogen and oxygen atoms in total. The fraction of sp³-hybridized carbons (Fsp3) is 0.524. The van der Waals surface area contributed by atoms with E-state index in [1.54, 1.807) is 0 Å². The summed E-state index contributed by atoms with van der Waals surface area (Å²) < 4.78 is 40.8. The van der Waals surface area contributed by atoms with Crippen LogP contribution in [0.25, 0.3) is 0 Å². The van der Waals surface area contributed by atoms with Crippen LogP contribution in [0.4, 0.5) is 13.2 Å². The summed E-state index contributed by atoms with van der Waals surface area (Å²) in [6, 6.07) is 10.2. The van der Waals surface area contributed by atoms with Gasteiger partial charge in [0.15, 0.2) is 5.76 Å². The second kappa shape index (κ2) is 9.51. The van der Waals surface area contributed by atoms with Crippen molar-refractivity contribution in [3.63, 3.8) is 0 Å². The summed E-state index contributed by atoms with van der Waals surface area (Å²) >= 11 is 0. The van der Waals surface area contributed by atoms with Crippen molar-refractivity contribution >= 4 is 11.8 Å².